The molecule has 2 N–H and O–H groups in total. The lowest BCUT2D eigenvalue weighted by Gasteiger charge is -2.06. The van der Waals surface area contributed by atoms with Gasteiger partial charge in [-0.15, -0.1) is 5.92 Å². The van der Waals surface area contributed by atoms with Crippen molar-refractivity contribution < 1.29 is 14.3 Å². The molecule has 0 aliphatic rings. The molecule has 0 unspecified atom stereocenters. The lowest BCUT2D eigenvalue weighted by molar-refractivity contribution is 0.0697. The maximum Gasteiger partial charge on any atom is 0.337 e. The van der Waals surface area contributed by atoms with Crippen molar-refractivity contribution in [1.82, 2.24) is 0 Å². The van der Waals surface area contributed by atoms with Crippen LogP contribution in [0.5, 0.6) is 0 Å². The molecule has 3 nitrogen and oxygen atoms in total. The Morgan fingerprint density at radius 2 is 2.33 bits per heavy atom. The van der Waals surface area contributed by atoms with Gasteiger partial charge in [0.25, 0.3) is 0 Å². The Bertz CT molecular complexity index is 432. The van der Waals surface area contributed by atoms with Crippen molar-refractivity contribution in [3.05, 3.63) is 29.6 Å². The zero-order chi connectivity index (χ0) is 11.3. The van der Waals surface area contributed by atoms with Crippen LogP contribution in [0.1, 0.15) is 17.3 Å². The number of benzene rings is 1. The van der Waals surface area contributed by atoms with Gasteiger partial charge < -0.3 is 10.4 Å². The topological polar surface area (TPSA) is 49.3 Å². The predicted molar refractivity (Wildman–Crippen MR) is 55.3 cm³/mol. The molecule has 0 bridgehead atoms. The molecule has 0 aliphatic carbocycles. The quantitative estimate of drug-likeness (QED) is 0.745. The maximum absolute atomic E-state index is 12.8. The fraction of sp³-hybridized carbons (Fsp3) is 0.182. The summed E-state index contributed by atoms with van der Waals surface area (Å²) in [4.78, 5) is 10.8. The van der Waals surface area contributed by atoms with Gasteiger partial charge >= 0.3 is 5.97 Å². The average molecular weight is 207 g/mol. The first-order chi connectivity index (χ1) is 7.15. The minimum atomic E-state index is -1.17. The number of rotatable bonds is 3. The summed E-state index contributed by atoms with van der Waals surface area (Å²) < 4.78 is 12.8. The van der Waals surface area contributed by atoms with Crippen LogP contribution in [0, 0.1) is 17.7 Å². The molecule has 0 radical (unpaired) electrons. The number of carbonyl (C=O) groups is 1. The lowest BCUT2D eigenvalue weighted by Crippen LogP contribution is -2.06. The number of nitrogens with one attached hydrogen (secondary N) is 1. The van der Waals surface area contributed by atoms with Crippen molar-refractivity contribution in [3.63, 3.8) is 0 Å². The van der Waals surface area contributed by atoms with Gasteiger partial charge in [0.05, 0.1) is 12.1 Å². The van der Waals surface area contributed by atoms with E-state index in [0.29, 0.717) is 12.2 Å². The van der Waals surface area contributed by atoms with Crippen LogP contribution in [0.4, 0.5) is 10.1 Å². The molecule has 0 aromatic heterocycles. The molecule has 0 atom stereocenters. The van der Waals surface area contributed by atoms with E-state index in [2.05, 4.69) is 17.2 Å². The Hall–Kier alpha value is -2.02. The van der Waals surface area contributed by atoms with Gasteiger partial charge in [-0.1, -0.05) is 5.92 Å². The molecule has 0 spiro atoms. The van der Waals surface area contributed by atoms with E-state index in [1.54, 1.807) is 6.92 Å². The Balaban J connectivity index is 2.94. The summed E-state index contributed by atoms with van der Waals surface area (Å²) in [5, 5.41) is 11.6. The first-order valence-electron chi connectivity index (χ1n) is 4.31. The molecule has 1 aromatic carbocycles. The summed E-state index contributed by atoms with van der Waals surface area (Å²) in [5.74, 6) is 3.66. The molecule has 0 heterocycles. The number of carboxylic acids is 1. The number of aromatic carboxylic acids is 1. The molecule has 78 valence electrons. The highest BCUT2D eigenvalue weighted by Crippen LogP contribution is 2.16. The van der Waals surface area contributed by atoms with Crippen LogP contribution in [0.25, 0.3) is 0 Å². The Morgan fingerprint density at radius 1 is 1.60 bits per heavy atom. The highest BCUT2D eigenvalue weighted by atomic mass is 19.1. The van der Waals surface area contributed by atoms with Crippen LogP contribution in [0.3, 0.4) is 0 Å². The zero-order valence-electron chi connectivity index (χ0n) is 8.17. The van der Waals surface area contributed by atoms with Gasteiger partial charge in [0.1, 0.15) is 5.82 Å². The van der Waals surface area contributed by atoms with E-state index in [9.17, 15) is 9.18 Å². The standard InChI is InChI=1S/C11H10FNO2/c1-2-3-6-13-10-5-4-8(12)7-9(10)11(14)15/h4-5,7,13H,6H2,1H3,(H,14,15). The predicted octanol–water partition coefficient (Wildman–Crippen LogP) is 1.96. The van der Waals surface area contributed by atoms with Gasteiger partial charge in [-0.25, -0.2) is 9.18 Å². The molecule has 1 aromatic rings. The molecule has 0 saturated heterocycles. The first-order valence-corrected chi connectivity index (χ1v) is 4.31. The number of hydrogen-bond donors (Lipinski definition) is 2. The minimum absolute atomic E-state index is 0.0899. The fourth-order valence-corrected chi connectivity index (χ4v) is 1.08. The van der Waals surface area contributed by atoms with E-state index in [-0.39, 0.29) is 5.56 Å². The zero-order valence-corrected chi connectivity index (χ0v) is 8.17. The third-order valence-electron chi connectivity index (χ3n) is 1.76. The smallest absolute Gasteiger partial charge is 0.337 e. The third-order valence-corrected chi connectivity index (χ3v) is 1.76. The van der Waals surface area contributed by atoms with Crippen molar-refractivity contribution in [3.8, 4) is 11.8 Å². The maximum atomic E-state index is 12.8. The number of hydrogen-bond acceptors (Lipinski definition) is 2. The van der Waals surface area contributed by atoms with Gasteiger partial charge in [0.15, 0.2) is 0 Å². The summed E-state index contributed by atoms with van der Waals surface area (Å²) in [6, 6.07) is 3.56. The molecule has 0 amide bonds. The Labute approximate surface area is 86.9 Å². The van der Waals surface area contributed by atoms with E-state index in [0.717, 1.165) is 6.07 Å². The van der Waals surface area contributed by atoms with E-state index in [1.807, 2.05) is 0 Å². The summed E-state index contributed by atoms with van der Waals surface area (Å²) in [7, 11) is 0. The number of carboxylic acid groups (broad SMARTS) is 1. The molecule has 0 fully saturated rings. The molecule has 4 heteroatoms. The van der Waals surface area contributed by atoms with Crippen molar-refractivity contribution >= 4 is 11.7 Å². The van der Waals surface area contributed by atoms with Gasteiger partial charge in [-0.05, 0) is 25.1 Å². The third kappa shape index (κ3) is 2.99. The molecule has 1 rings (SSSR count). The van der Waals surface area contributed by atoms with E-state index in [4.69, 9.17) is 5.11 Å². The van der Waals surface area contributed by atoms with E-state index in [1.165, 1.54) is 12.1 Å². The van der Waals surface area contributed by atoms with Gasteiger partial charge in [0, 0.05) is 5.69 Å². The first kappa shape index (κ1) is 11.1. The fourth-order valence-electron chi connectivity index (χ4n) is 1.08. The molecular formula is C11H10FNO2. The van der Waals surface area contributed by atoms with Crippen LogP contribution in [0.15, 0.2) is 18.2 Å². The van der Waals surface area contributed by atoms with Crippen LogP contribution >= 0.6 is 0 Å². The van der Waals surface area contributed by atoms with E-state index >= 15 is 0 Å². The second-order valence-corrected chi connectivity index (χ2v) is 2.78. The van der Waals surface area contributed by atoms with Crippen LogP contribution in [-0.2, 0) is 0 Å². The summed E-state index contributed by atoms with van der Waals surface area (Å²) >= 11 is 0. The second kappa shape index (κ2) is 5.01. The Morgan fingerprint density at radius 3 is 2.93 bits per heavy atom. The molecule has 15 heavy (non-hydrogen) atoms. The van der Waals surface area contributed by atoms with E-state index < -0.39 is 11.8 Å². The van der Waals surface area contributed by atoms with Gasteiger partial charge in [-0.3, -0.25) is 0 Å². The summed E-state index contributed by atoms with van der Waals surface area (Å²) in [6.07, 6.45) is 0. The minimum Gasteiger partial charge on any atom is -0.478 e. The largest absolute Gasteiger partial charge is 0.478 e. The molecule has 0 aliphatic heterocycles. The van der Waals surface area contributed by atoms with Gasteiger partial charge in [0.2, 0.25) is 0 Å². The number of halogens is 1. The molecule has 0 saturated carbocycles. The Kier molecular flexibility index (Phi) is 3.69. The average Bonchev–Trinajstić information content (AvgIpc) is 2.20. The van der Waals surface area contributed by atoms with Crippen LogP contribution < -0.4 is 5.32 Å². The van der Waals surface area contributed by atoms with Crippen molar-refractivity contribution in [1.29, 1.82) is 0 Å². The summed E-state index contributed by atoms with van der Waals surface area (Å²) in [6.45, 7) is 2.02. The highest BCUT2D eigenvalue weighted by molar-refractivity contribution is 5.94. The summed E-state index contributed by atoms with van der Waals surface area (Å²) in [5.41, 5.74) is 0.277. The van der Waals surface area contributed by atoms with Crippen LogP contribution in [-0.4, -0.2) is 17.6 Å². The van der Waals surface area contributed by atoms with Crippen LogP contribution in [0.2, 0.25) is 0 Å². The van der Waals surface area contributed by atoms with Crippen molar-refractivity contribution in [2.45, 2.75) is 6.92 Å². The number of anilines is 1. The second-order valence-electron chi connectivity index (χ2n) is 2.78. The van der Waals surface area contributed by atoms with Crippen molar-refractivity contribution in [2.24, 2.45) is 0 Å². The molecular weight excluding hydrogens is 197 g/mol. The normalized spacial score (nSPS) is 8.93. The monoisotopic (exact) mass is 207 g/mol. The van der Waals surface area contributed by atoms with Gasteiger partial charge in [-0.2, -0.15) is 0 Å². The van der Waals surface area contributed by atoms with Crippen molar-refractivity contribution in [2.75, 3.05) is 11.9 Å². The highest BCUT2D eigenvalue weighted by Gasteiger charge is 2.10. The SMILES string of the molecule is CC#CCNc1ccc(F)cc1C(=O)O. The lowest BCUT2D eigenvalue weighted by atomic mass is 10.1.